The second-order valence-corrected chi connectivity index (χ2v) is 7.73. The molecule has 1 atom stereocenters. The summed E-state index contributed by atoms with van der Waals surface area (Å²) in [4.78, 5) is 29.7. The molecule has 1 heterocycles. The lowest BCUT2D eigenvalue weighted by molar-refractivity contribution is -0.140. The highest BCUT2D eigenvalue weighted by Gasteiger charge is 2.45. The van der Waals surface area contributed by atoms with Gasteiger partial charge in [0, 0.05) is 17.1 Å². The zero-order chi connectivity index (χ0) is 21.7. The van der Waals surface area contributed by atoms with Crippen molar-refractivity contribution < 1.29 is 14.7 Å². The summed E-state index contributed by atoms with van der Waals surface area (Å²) in [6.07, 6.45) is 0.740. The summed E-state index contributed by atoms with van der Waals surface area (Å²) in [5.74, 6) is -1.38. The minimum atomic E-state index is -0.654. The molecule has 1 aliphatic rings. The van der Waals surface area contributed by atoms with E-state index in [1.807, 2.05) is 6.07 Å². The van der Waals surface area contributed by atoms with Crippen molar-refractivity contribution in [3.8, 4) is 0 Å². The molecule has 0 saturated carbocycles. The topological polar surface area (TPSA) is 60.9 Å². The van der Waals surface area contributed by atoms with E-state index in [0.29, 0.717) is 17.1 Å². The number of halogens is 1. The van der Waals surface area contributed by atoms with Crippen LogP contribution in [0.5, 0.6) is 0 Å². The predicted octanol–water partition coefficient (Wildman–Crippen LogP) is 4.49. The van der Waals surface area contributed by atoms with E-state index in [-0.39, 0.29) is 11.3 Å². The van der Waals surface area contributed by atoms with Gasteiger partial charge in [0.05, 0.1) is 11.6 Å². The molecule has 0 aliphatic carbocycles. The molecule has 1 N–H and O–H groups in total. The first-order chi connectivity index (χ1) is 14.5. The third kappa shape index (κ3) is 4.58. The Morgan fingerprint density at radius 2 is 1.67 bits per heavy atom. The number of aliphatic hydroxyl groups is 1. The summed E-state index contributed by atoms with van der Waals surface area (Å²) >= 11 is 6.04. The Morgan fingerprint density at radius 3 is 2.27 bits per heavy atom. The van der Waals surface area contributed by atoms with Crippen LogP contribution in [0.25, 0.3) is 5.76 Å². The number of ketones is 1. The van der Waals surface area contributed by atoms with E-state index in [1.165, 1.54) is 0 Å². The van der Waals surface area contributed by atoms with Gasteiger partial charge in [-0.1, -0.05) is 67.9 Å². The van der Waals surface area contributed by atoms with Gasteiger partial charge in [-0.25, -0.2) is 0 Å². The molecule has 6 heteroatoms. The fourth-order valence-corrected chi connectivity index (χ4v) is 3.98. The molecule has 5 nitrogen and oxygen atoms in total. The van der Waals surface area contributed by atoms with E-state index in [1.54, 1.807) is 53.4 Å². The first-order valence-corrected chi connectivity index (χ1v) is 10.7. The van der Waals surface area contributed by atoms with Crippen LogP contribution in [-0.4, -0.2) is 52.8 Å². The van der Waals surface area contributed by atoms with Crippen molar-refractivity contribution in [2.75, 3.05) is 26.2 Å². The quantitative estimate of drug-likeness (QED) is 0.383. The lowest BCUT2D eigenvalue weighted by atomic mass is 9.95. The Bertz CT molecular complexity index is 921. The van der Waals surface area contributed by atoms with Crippen molar-refractivity contribution in [1.29, 1.82) is 0 Å². The van der Waals surface area contributed by atoms with Gasteiger partial charge in [0.25, 0.3) is 11.7 Å². The molecule has 1 amide bonds. The van der Waals surface area contributed by atoms with Gasteiger partial charge in [-0.15, -0.1) is 0 Å². The van der Waals surface area contributed by atoms with E-state index in [2.05, 4.69) is 18.7 Å². The molecule has 0 aromatic heterocycles. The first-order valence-electron chi connectivity index (χ1n) is 10.3. The van der Waals surface area contributed by atoms with E-state index < -0.39 is 17.7 Å². The van der Waals surface area contributed by atoms with Crippen molar-refractivity contribution >= 4 is 29.1 Å². The van der Waals surface area contributed by atoms with Gasteiger partial charge >= 0.3 is 0 Å². The fraction of sp³-hybridized carbons (Fsp3) is 0.333. The number of rotatable bonds is 8. The van der Waals surface area contributed by atoms with E-state index in [0.717, 1.165) is 31.6 Å². The van der Waals surface area contributed by atoms with Crippen LogP contribution in [0, 0.1) is 0 Å². The average molecular weight is 427 g/mol. The number of carbonyl (C=O) groups excluding carboxylic acids is 2. The number of likely N-dealkylation sites (tertiary alicyclic amines) is 1. The molecular formula is C24H27ClN2O3. The molecule has 30 heavy (non-hydrogen) atoms. The SMILES string of the molecule is CCN(CC)CCCN1C(=O)C(=O)C(=C(O)c2ccccc2)[C@H]1c1ccc(Cl)cc1. The van der Waals surface area contributed by atoms with Gasteiger partial charge in [0.15, 0.2) is 0 Å². The summed E-state index contributed by atoms with van der Waals surface area (Å²) in [5.41, 5.74) is 1.38. The molecule has 0 bridgehead atoms. The molecule has 0 spiro atoms. The Labute approximate surface area is 182 Å². The molecule has 1 fully saturated rings. The number of aliphatic hydroxyl groups excluding tert-OH is 1. The maximum absolute atomic E-state index is 12.9. The number of Topliss-reactive ketones (excluding diaryl/α,β-unsaturated/α-hetero) is 1. The number of nitrogens with zero attached hydrogens (tertiary/aromatic N) is 2. The highest BCUT2D eigenvalue weighted by atomic mass is 35.5. The number of hydrogen-bond acceptors (Lipinski definition) is 4. The third-order valence-corrected chi connectivity index (χ3v) is 5.79. The van der Waals surface area contributed by atoms with Crippen LogP contribution in [0.4, 0.5) is 0 Å². The molecule has 2 aromatic rings. The number of benzene rings is 2. The first kappa shape index (κ1) is 22.1. The summed E-state index contributed by atoms with van der Waals surface area (Å²) in [6.45, 7) is 7.34. The van der Waals surface area contributed by atoms with Crippen molar-refractivity contribution in [1.82, 2.24) is 9.80 Å². The van der Waals surface area contributed by atoms with Crippen molar-refractivity contribution in [3.05, 3.63) is 76.3 Å². The zero-order valence-electron chi connectivity index (χ0n) is 17.3. The molecule has 1 saturated heterocycles. The molecule has 2 aromatic carbocycles. The van der Waals surface area contributed by atoms with Crippen LogP contribution in [0.15, 0.2) is 60.2 Å². The molecule has 0 radical (unpaired) electrons. The van der Waals surface area contributed by atoms with Crippen LogP contribution in [0.1, 0.15) is 37.4 Å². The lowest BCUT2D eigenvalue weighted by Crippen LogP contribution is -2.33. The molecule has 0 unspecified atom stereocenters. The van der Waals surface area contributed by atoms with Crippen LogP contribution < -0.4 is 0 Å². The van der Waals surface area contributed by atoms with Crippen LogP contribution in [-0.2, 0) is 9.59 Å². The van der Waals surface area contributed by atoms with Gasteiger partial charge < -0.3 is 14.9 Å². The minimum Gasteiger partial charge on any atom is -0.507 e. The van der Waals surface area contributed by atoms with Gasteiger partial charge in [0.1, 0.15) is 5.76 Å². The van der Waals surface area contributed by atoms with Gasteiger partial charge in [-0.3, -0.25) is 9.59 Å². The number of hydrogen-bond donors (Lipinski definition) is 1. The van der Waals surface area contributed by atoms with E-state index in [4.69, 9.17) is 11.6 Å². The lowest BCUT2D eigenvalue weighted by Gasteiger charge is -2.26. The average Bonchev–Trinajstić information content (AvgIpc) is 3.02. The maximum Gasteiger partial charge on any atom is 0.295 e. The van der Waals surface area contributed by atoms with Crippen molar-refractivity contribution in [2.24, 2.45) is 0 Å². The number of carbonyl (C=O) groups is 2. The van der Waals surface area contributed by atoms with Gasteiger partial charge in [-0.05, 0) is 43.8 Å². The molecule has 158 valence electrons. The van der Waals surface area contributed by atoms with Gasteiger partial charge in [-0.2, -0.15) is 0 Å². The second-order valence-electron chi connectivity index (χ2n) is 7.29. The largest absolute Gasteiger partial charge is 0.507 e. The maximum atomic E-state index is 12.9. The Balaban J connectivity index is 2.00. The van der Waals surface area contributed by atoms with Crippen LogP contribution >= 0.6 is 11.6 Å². The summed E-state index contributed by atoms with van der Waals surface area (Å²) < 4.78 is 0. The van der Waals surface area contributed by atoms with Crippen molar-refractivity contribution in [2.45, 2.75) is 26.3 Å². The monoisotopic (exact) mass is 426 g/mol. The van der Waals surface area contributed by atoms with Crippen LogP contribution in [0.2, 0.25) is 5.02 Å². The zero-order valence-corrected chi connectivity index (χ0v) is 18.1. The second kappa shape index (κ2) is 9.92. The predicted molar refractivity (Wildman–Crippen MR) is 119 cm³/mol. The molecule has 1 aliphatic heterocycles. The standard InChI is InChI=1S/C24H27ClN2O3/c1-3-26(4-2)15-8-16-27-21(17-11-13-19(25)14-12-17)20(23(29)24(27)30)22(28)18-9-6-5-7-10-18/h5-7,9-14,21,28H,3-4,8,15-16H2,1-2H3/t21-/m1/s1. The fourth-order valence-electron chi connectivity index (χ4n) is 3.86. The third-order valence-electron chi connectivity index (χ3n) is 5.54. The highest BCUT2D eigenvalue weighted by Crippen LogP contribution is 2.39. The highest BCUT2D eigenvalue weighted by molar-refractivity contribution is 6.46. The Kier molecular flexibility index (Phi) is 7.29. The normalized spacial score (nSPS) is 18.4. The Hall–Kier alpha value is -2.63. The summed E-state index contributed by atoms with van der Waals surface area (Å²) in [5, 5.41) is 11.5. The number of amides is 1. The van der Waals surface area contributed by atoms with Crippen LogP contribution in [0.3, 0.4) is 0 Å². The van der Waals surface area contributed by atoms with E-state index >= 15 is 0 Å². The van der Waals surface area contributed by atoms with E-state index in [9.17, 15) is 14.7 Å². The smallest absolute Gasteiger partial charge is 0.295 e. The Morgan fingerprint density at radius 1 is 1.03 bits per heavy atom. The van der Waals surface area contributed by atoms with Gasteiger partial charge in [0.2, 0.25) is 0 Å². The molecule has 3 rings (SSSR count). The minimum absolute atomic E-state index is 0.122. The molecular weight excluding hydrogens is 400 g/mol. The van der Waals surface area contributed by atoms with Crippen molar-refractivity contribution in [3.63, 3.8) is 0 Å². The summed E-state index contributed by atoms with van der Waals surface area (Å²) in [7, 11) is 0. The summed E-state index contributed by atoms with van der Waals surface area (Å²) in [6, 6.07) is 15.3.